The van der Waals surface area contributed by atoms with Crippen molar-refractivity contribution < 1.29 is 0 Å². The molecule has 0 spiro atoms. The van der Waals surface area contributed by atoms with Crippen LogP contribution < -0.4 is 10.2 Å². The molecular formula is C17H24N4. The molecule has 1 aliphatic rings. The summed E-state index contributed by atoms with van der Waals surface area (Å²) in [6, 6.07) is 9.22. The number of hydrogen-bond acceptors (Lipinski definition) is 3. The molecule has 4 heteroatoms. The fourth-order valence-electron chi connectivity index (χ4n) is 2.89. The Kier molecular flexibility index (Phi) is 4.13. The Bertz CT molecular complexity index is 565. The lowest BCUT2D eigenvalue weighted by Gasteiger charge is -2.18. The minimum Gasteiger partial charge on any atom is -0.379 e. The van der Waals surface area contributed by atoms with Gasteiger partial charge in [0, 0.05) is 36.7 Å². The van der Waals surface area contributed by atoms with Gasteiger partial charge in [-0.05, 0) is 51.0 Å². The highest BCUT2D eigenvalue weighted by molar-refractivity contribution is 5.55. The molecule has 1 aliphatic heterocycles. The highest BCUT2D eigenvalue weighted by Gasteiger charge is 2.11. The molecule has 0 radical (unpaired) electrons. The first-order chi connectivity index (χ1) is 10.2. The molecule has 3 rings (SSSR count). The molecule has 1 saturated heterocycles. The van der Waals surface area contributed by atoms with E-state index in [-0.39, 0.29) is 0 Å². The van der Waals surface area contributed by atoms with Gasteiger partial charge in [0.2, 0.25) is 0 Å². The summed E-state index contributed by atoms with van der Waals surface area (Å²) in [4.78, 5) is 6.69. The second-order valence-electron chi connectivity index (χ2n) is 5.98. The average molecular weight is 284 g/mol. The third kappa shape index (κ3) is 3.20. The van der Waals surface area contributed by atoms with E-state index in [1.807, 2.05) is 12.5 Å². The van der Waals surface area contributed by atoms with E-state index in [4.69, 9.17) is 0 Å². The van der Waals surface area contributed by atoms with E-state index >= 15 is 0 Å². The summed E-state index contributed by atoms with van der Waals surface area (Å²) >= 11 is 0. The fraction of sp³-hybridized carbons (Fsp3) is 0.471. The molecule has 1 fully saturated rings. The number of aromatic nitrogens is 2. The van der Waals surface area contributed by atoms with Crippen molar-refractivity contribution in [3.63, 3.8) is 0 Å². The molecule has 21 heavy (non-hydrogen) atoms. The summed E-state index contributed by atoms with van der Waals surface area (Å²) in [5.41, 5.74) is 3.72. The van der Waals surface area contributed by atoms with Gasteiger partial charge in [-0.25, -0.2) is 4.98 Å². The second-order valence-corrected chi connectivity index (χ2v) is 5.98. The highest BCUT2D eigenvalue weighted by atomic mass is 15.1. The predicted octanol–water partition coefficient (Wildman–Crippen LogP) is 3.68. The van der Waals surface area contributed by atoms with Crippen LogP contribution in [-0.4, -0.2) is 22.6 Å². The average Bonchev–Trinajstić information content (AvgIpc) is 3.17. The van der Waals surface area contributed by atoms with Crippen molar-refractivity contribution in [2.45, 2.75) is 39.3 Å². The highest BCUT2D eigenvalue weighted by Crippen LogP contribution is 2.22. The van der Waals surface area contributed by atoms with Gasteiger partial charge >= 0.3 is 0 Å². The lowest BCUT2D eigenvalue weighted by atomic mass is 10.2. The first-order valence-corrected chi connectivity index (χ1v) is 7.83. The van der Waals surface area contributed by atoms with Gasteiger partial charge in [-0.1, -0.05) is 0 Å². The first-order valence-electron chi connectivity index (χ1n) is 7.83. The Hall–Kier alpha value is -1.97. The predicted molar refractivity (Wildman–Crippen MR) is 87.8 cm³/mol. The SMILES string of the molecule is CC(C)n1cncc1CNc1ccc(N2CCCC2)cc1. The molecule has 0 saturated carbocycles. The topological polar surface area (TPSA) is 33.1 Å². The van der Waals surface area contributed by atoms with E-state index in [0.717, 1.165) is 12.2 Å². The molecule has 1 aromatic heterocycles. The molecule has 112 valence electrons. The van der Waals surface area contributed by atoms with Crippen LogP contribution in [0.2, 0.25) is 0 Å². The maximum absolute atomic E-state index is 4.24. The van der Waals surface area contributed by atoms with Gasteiger partial charge in [-0.3, -0.25) is 0 Å². The van der Waals surface area contributed by atoms with Crippen LogP contribution >= 0.6 is 0 Å². The number of imidazole rings is 1. The number of nitrogens with zero attached hydrogens (tertiary/aromatic N) is 3. The molecule has 2 aromatic rings. The smallest absolute Gasteiger partial charge is 0.0951 e. The monoisotopic (exact) mass is 284 g/mol. The Morgan fingerprint density at radius 3 is 2.52 bits per heavy atom. The maximum atomic E-state index is 4.24. The Morgan fingerprint density at radius 1 is 1.14 bits per heavy atom. The summed E-state index contributed by atoms with van der Waals surface area (Å²) in [5.74, 6) is 0. The van der Waals surface area contributed by atoms with E-state index in [1.165, 1.54) is 37.3 Å². The van der Waals surface area contributed by atoms with E-state index in [2.05, 4.69) is 57.9 Å². The van der Waals surface area contributed by atoms with Crippen LogP contribution in [0.25, 0.3) is 0 Å². The van der Waals surface area contributed by atoms with Crippen LogP contribution in [0.4, 0.5) is 11.4 Å². The van der Waals surface area contributed by atoms with Crippen molar-refractivity contribution in [1.29, 1.82) is 0 Å². The number of rotatable bonds is 5. The lowest BCUT2D eigenvalue weighted by molar-refractivity contribution is 0.577. The van der Waals surface area contributed by atoms with Crippen molar-refractivity contribution in [1.82, 2.24) is 9.55 Å². The lowest BCUT2D eigenvalue weighted by Crippen LogP contribution is -2.17. The maximum Gasteiger partial charge on any atom is 0.0951 e. The third-order valence-corrected chi connectivity index (χ3v) is 4.11. The van der Waals surface area contributed by atoms with Gasteiger partial charge in [0.05, 0.1) is 18.6 Å². The molecule has 2 heterocycles. The van der Waals surface area contributed by atoms with Crippen LogP contribution in [0.1, 0.15) is 38.4 Å². The molecule has 1 N–H and O–H groups in total. The van der Waals surface area contributed by atoms with E-state index in [9.17, 15) is 0 Å². The van der Waals surface area contributed by atoms with Gasteiger partial charge in [0.15, 0.2) is 0 Å². The molecule has 0 amide bonds. The molecule has 1 aromatic carbocycles. The van der Waals surface area contributed by atoms with Gasteiger partial charge in [-0.15, -0.1) is 0 Å². The van der Waals surface area contributed by atoms with Gasteiger partial charge in [-0.2, -0.15) is 0 Å². The van der Waals surface area contributed by atoms with Crippen molar-refractivity contribution in [3.05, 3.63) is 42.5 Å². The van der Waals surface area contributed by atoms with Gasteiger partial charge in [0.1, 0.15) is 0 Å². The van der Waals surface area contributed by atoms with E-state index in [0.29, 0.717) is 6.04 Å². The van der Waals surface area contributed by atoms with E-state index in [1.54, 1.807) is 0 Å². The standard InChI is InChI=1S/C17H24N4/c1-14(2)21-13-18-11-17(21)12-19-15-5-7-16(8-6-15)20-9-3-4-10-20/h5-8,11,13-14,19H,3-4,9-10,12H2,1-2H3. The zero-order chi connectivity index (χ0) is 14.7. The first kappa shape index (κ1) is 14.0. The van der Waals surface area contributed by atoms with Gasteiger partial charge < -0.3 is 14.8 Å². The van der Waals surface area contributed by atoms with Crippen molar-refractivity contribution in [2.75, 3.05) is 23.3 Å². The van der Waals surface area contributed by atoms with E-state index < -0.39 is 0 Å². The molecular weight excluding hydrogens is 260 g/mol. The number of anilines is 2. The third-order valence-electron chi connectivity index (χ3n) is 4.11. The summed E-state index contributed by atoms with van der Waals surface area (Å²) in [6.45, 7) is 7.55. The molecule has 0 aliphatic carbocycles. The van der Waals surface area contributed by atoms with Crippen LogP contribution in [0.15, 0.2) is 36.8 Å². The van der Waals surface area contributed by atoms with Crippen molar-refractivity contribution in [2.24, 2.45) is 0 Å². The van der Waals surface area contributed by atoms with Crippen molar-refractivity contribution in [3.8, 4) is 0 Å². The van der Waals surface area contributed by atoms with Gasteiger partial charge in [0.25, 0.3) is 0 Å². The number of hydrogen-bond donors (Lipinski definition) is 1. The normalized spacial score (nSPS) is 14.9. The minimum absolute atomic E-state index is 0.446. The Balaban J connectivity index is 1.61. The van der Waals surface area contributed by atoms with Crippen LogP contribution in [0, 0.1) is 0 Å². The quantitative estimate of drug-likeness (QED) is 0.909. The van der Waals surface area contributed by atoms with Crippen LogP contribution in [0.3, 0.4) is 0 Å². The molecule has 0 atom stereocenters. The Labute approximate surface area is 126 Å². The second kappa shape index (κ2) is 6.20. The van der Waals surface area contributed by atoms with Crippen LogP contribution in [-0.2, 0) is 6.54 Å². The summed E-state index contributed by atoms with van der Waals surface area (Å²) < 4.78 is 2.20. The van der Waals surface area contributed by atoms with Crippen LogP contribution in [0.5, 0.6) is 0 Å². The summed E-state index contributed by atoms with van der Waals surface area (Å²) in [7, 11) is 0. The zero-order valence-corrected chi connectivity index (χ0v) is 12.9. The molecule has 4 nitrogen and oxygen atoms in total. The number of nitrogens with one attached hydrogen (secondary N) is 1. The minimum atomic E-state index is 0.446. The molecule has 0 bridgehead atoms. The summed E-state index contributed by atoms with van der Waals surface area (Å²) in [5, 5.41) is 3.48. The largest absolute Gasteiger partial charge is 0.379 e. The number of benzene rings is 1. The summed E-state index contributed by atoms with van der Waals surface area (Å²) in [6.07, 6.45) is 6.47. The van der Waals surface area contributed by atoms with Crippen molar-refractivity contribution >= 4 is 11.4 Å². The Morgan fingerprint density at radius 2 is 1.86 bits per heavy atom. The molecule has 0 unspecified atom stereocenters. The fourth-order valence-corrected chi connectivity index (χ4v) is 2.89. The zero-order valence-electron chi connectivity index (χ0n) is 12.9.